The molecular weight excluding hydrogens is 753 g/mol. The summed E-state index contributed by atoms with van der Waals surface area (Å²) in [5.74, 6) is 1.90. The van der Waals surface area contributed by atoms with E-state index in [1.165, 1.54) is 10.4 Å². The summed E-state index contributed by atoms with van der Waals surface area (Å²) in [5.41, 5.74) is 3.22. The lowest BCUT2D eigenvalue weighted by Crippen LogP contribution is -2.67. The number of carbonyl (C=O) groups excluding carboxylic acids is 1. The molecule has 0 bridgehead atoms. The molecule has 5 rings (SSSR count). The molecule has 0 fully saturated rings. The SMILES string of the molecule is COc1ccc(CO[C@@H](CCC(=O)CCC[C@H](OCc2ccc(OC)cc2)[C@@H](C)CO[Si](c2ccccc2)(c2ccccc2)C(C)(C)C)COCc2ccccc2)cc1. The zero-order valence-electron chi connectivity index (χ0n) is 35.9. The first-order valence-electron chi connectivity index (χ1n) is 21.0. The predicted molar refractivity (Wildman–Crippen MR) is 240 cm³/mol. The van der Waals surface area contributed by atoms with Gasteiger partial charge in [-0.3, -0.25) is 4.79 Å². The van der Waals surface area contributed by atoms with Gasteiger partial charge in [-0.1, -0.05) is 143 Å². The van der Waals surface area contributed by atoms with Crippen molar-refractivity contribution < 1.29 is 32.9 Å². The Bertz CT molecular complexity index is 1870. The van der Waals surface area contributed by atoms with Gasteiger partial charge in [-0.2, -0.15) is 0 Å². The Labute approximate surface area is 354 Å². The number of carbonyl (C=O) groups is 1. The smallest absolute Gasteiger partial charge is 0.261 e. The van der Waals surface area contributed by atoms with Crippen LogP contribution < -0.4 is 19.8 Å². The summed E-state index contributed by atoms with van der Waals surface area (Å²) in [7, 11) is 0.591. The number of benzene rings is 5. The lowest BCUT2D eigenvalue weighted by molar-refractivity contribution is -0.120. The fraction of sp³-hybridized carbons (Fsp3) is 0.392. The summed E-state index contributed by atoms with van der Waals surface area (Å²) in [6.45, 7) is 11.4. The monoisotopic (exact) mass is 816 g/mol. The van der Waals surface area contributed by atoms with Gasteiger partial charge in [-0.25, -0.2) is 0 Å². The molecule has 0 unspecified atom stereocenters. The molecule has 0 saturated heterocycles. The second kappa shape index (κ2) is 23.3. The number of Topliss-reactive ketones (excluding diaryl/α,β-unsaturated/α-hetero) is 1. The lowest BCUT2D eigenvalue weighted by Gasteiger charge is -2.44. The van der Waals surface area contributed by atoms with E-state index in [2.05, 4.69) is 88.4 Å². The predicted octanol–water partition coefficient (Wildman–Crippen LogP) is 10.1. The third-order valence-electron chi connectivity index (χ3n) is 11.0. The molecule has 5 aromatic rings. The fourth-order valence-corrected chi connectivity index (χ4v) is 12.2. The quantitative estimate of drug-likeness (QED) is 0.0544. The van der Waals surface area contributed by atoms with Crippen LogP contribution in [0.3, 0.4) is 0 Å². The molecule has 0 spiro atoms. The zero-order valence-corrected chi connectivity index (χ0v) is 36.9. The van der Waals surface area contributed by atoms with Crippen LogP contribution in [0.25, 0.3) is 0 Å². The van der Waals surface area contributed by atoms with Crippen molar-refractivity contribution in [3.05, 3.63) is 156 Å². The standard InChI is InChI=1S/C51H64O7Si/c1-40(35-58-59(51(2,3)4,48-20-12-8-13-21-48)49-22-14-9-15-23-49)50(57-38-43-27-32-46(54-6)33-28-43)24-16-19-44(52)29-34-47(39-55-36-41-17-10-7-11-18-41)56-37-42-25-30-45(53-5)31-26-42/h7-15,17-18,20-23,25-28,30-33,40,47,50H,16,19,24,29,34-39H2,1-6H3/t40-,47-,50-/m0/s1. The third kappa shape index (κ3) is 13.7. The molecule has 5 aromatic carbocycles. The Morgan fingerprint density at radius 2 is 1.07 bits per heavy atom. The molecule has 7 nitrogen and oxygen atoms in total. The summed E-state index contributed by atoms with van der Waals surface area (Å²) in [4.78, 5) is 13.5. The molecule has 0 heterocycles. The Balaban J connectivity index is 1.23. The van der Waals surface area contributed by atoms with E-state index in [-0.39, 0.29) is 28.9 Å². The highest BCUT2D eigenvalue weighted by atomic mass is 28.4. The number of rotatable bonds is 25. The van der Waals surface area contributed by atoms with Gasteiger partial charge in [0.1, 0.15) is 17.3 Å². The van der Waals surface area contributed by atoms with E-state index in [4.69, 9.17) is 28.1 Å². The average Bonchev–Trinajstić information content (AvgIpc) is 3.26. The van der Waals surface area contributed by atoms with Gasteiger partial charge >= 0.3 is 0 Å². The van der Waals surface area contributed by atoms with Crippen LogP contribution in [0, 0.1) is 5.92 Å². The Morgan fingerprint density at radius 1 is 0.576 bits per heavy atom. The maximum absolute atomic E-state index is 13.5. The molecule has 0 radical (unpaired) electrons. The lowest BCUT2D eigenvalue weighted by atomic mass is 9.98. The number of hydrogen-bond acceptors (Lipinski definition) is 7. The highest BCUT2D eigenvalue weighted by molar-refractivity contribution is 6.99. The van der Waals surface area contributed by atoms with E-state index in [1.807, 2.05) is 78.9 Å². The van der Waals surface area contributed by atoms with Crippen LogP contribution in [0.2, 0.25) is 5.04 Å². The topological polar surface area (TPSA) is 72.5 Å². The molecule has 8 heteroatoms. The molecule has 314 valence electrons. The van der Waals surface area contributed by atoms with E-state index in [0.29, 0.717) is 52.3 Å². The van der Waals surface area contributed by atoms with Gasteiger partial charge in [0.25, 0.3) is 8.32 Å². The summed E-state index contributed by atoms with van der Waals surface area (Å²) in [6, 6.07) is 47.5. The zero-order chi connectivity index (χ0) is 41.9. The third-order valence-corrected chi connectivity index (χ3v) is 16.0. The van der Waals surface area contributed by atoms with Crippen molar-refractivity contribution in [2.45, 2.75) is 96.9 Å². The van der Waals surface area contributed by atoms with Crippen LogP contribution in [0.1, 0.15) is 76.5 Å². The van der Waals surface area contributed by atoms with E-state index in [0.717, 1.165) is 41.0 Å². The van der Waals surface area contributed by atoms with Gasteiger partial charge in [0.15, 0.2) is 0 Å². The molecule has 0 aliphatic heterocycles. The Hall–Kier alpha value is -4.57. The molecule has 0 N–H and O–H groups in total. The van der Waals surface area contributed by atoms with Gasteiger partial charge in [0.05, 0.1) is 52.9 Å². The summed E-state index contributed by atoms with van der Waals surface area (Å²) >= 11 is 0. The van der Waals surface area contributed by atoms with Gasteiger partial charge in [-0.15, -0.1) is 0 Å². The minimum Gasteiger partial charge on any atom is -0.497 e. The molecule has 59 heavy (non-hydrogen) atoms. The van der Waals surface area contributed by atoms with E-state index in [9.17, 15) is 4.79 Å². The van der Waals surface area contributed by atoms with Crippen molar-refractivity contribution in [1.29, 1.82) is 0 Å². The van der Waals surface area contributed by atoms with Crippen LogP contribution >= 0.6 is 0 Å². The first-order valence-corrected chi connectivity index (χ1v) is 22.9. The fourth-order valence-electron chi connectivity index (χ4n) is 7.56. The second-order valence-electron chi connectivity index (χ2n) is 16.4. The Morgan fingerprint density at radius 3 is 1.58 bits per heavy atom. The van der Waals surface area contributed by atoms with Crippen molar-refractivity contribution in [3.63, 3.8) is 0 Å². The second-order valence-corrected chi connectivity index (χ2v) is 20.7. The van der Waals surface area contributed by atoms with Crippen molar-refractivity contribution in [2.75, 3.05) is 27.4 Å². The van der Waals surface area contributed by atoms with Crippen LogP contribution in [-0.4, -0.2) is 53.7 Å². The molecule has 3 atom stereocenters. The summed E-state index contributed by atoms with van der Waals surface area (Å²) in [6.07, 6.45) is 2.61. The normalized spacial score (nSPS) is 13.4. The number of methoxy groups -OCH3 is 2. The molecule has 0 aliphatic carbocycles. The number of hydrogen-bond donors (Lipinski definition) is 0. The average molecular weight is 817 g/mol. The summed E-state index contributed by atoms with van der Waals surface area (Å²) in [5, 5.41) is 2.37. The summed E-state index contributed by atoms with van der Waals surface area (Å²) < 4.78 is 37.2. The largest absolute Gasteiger partial charge is 0.497 e. The first kappa shape index (κ1) is 45.5. The van der Waals surface area contributed by atoms with E-state index in [1.54, 1.807) is 14.2 Å². The number of ketones is 1. The minimum absolute atomic E-state index is 0.0718. The van der Waals surface area contributed by atoms with Crippen molar-refractivity contribution in [2.24, 2.45) is 5.92 Å². The van der Waals surface area contributed by atoms with Crippen LogP contribution in [0.15, 0.2) is 140 Å². The maximum Gasteiger partial charge on any atom is 0.261 e. The van der Waals surface area contributed by atoms with Gasteiger partial charge in [0, 0.05) is 25.4 Å². The molecule has 0 amide bonds. The van der Waals surface area contributed by atoms with E-state index >= 15 is 0 Å². The van der Waals surface area contributed by atoms with Crippen molar-refractivity contribution in [1.82, 2.24) is 0 Å². The highest BCUT2D eigenvalue weighted by Crippen LogP contribution is 2.37. The first-order chi connectivity index (χ1) is 28.6. The highest BCUT2D eigenvalue weighted by Gasteiger charge is 2.50. The molecule has 0 aromatic heterocycles. The van der Waals surface area contributed by atoms with Crippen LogP contribution in [-0.2, 0) is 43.3 Å². The minimum atomic E-state index is -2.74. The van der Waals surface area contributed by atoms with Gasteiger partial charge in [-0.05, 0) is 75.6 Å². The maximum atomic E-state index is 13.5. The van der Waals surface area contributed by atoms with Crippen LogP contribution in [0.5, 0.6) is 11.5 Å². The van der Waals surface area contributed by atoms with Crippen molar-refractivity contribution in [3.8, 4) is 11.5 Å². The van der Waals surface area contributed by atoms with Gasteiger partial charge in [0.2, 0.25) is 0 Å². The number of ether oxygens (including phenoxy) is 5. The Kier molecular flexibility index (Phi) is 18.0. The van der Waals surface area contributed by atoms with Crippen molar-refractivity contribution >= 4 is 24.5 Å². The van der Waals surface area contributed by atoms with E-state index < -0.39 is 8.32 Å². The van der Waals surface area contributed by atoms with Crippen LogP contribution in [0.4, 0.5) is 0 Å². The molecule has 0 saturated carbocycles. The molecular formula is C51H64O7Si. The van der Waals surface area contributed by atoms with Gasteiger partial charge < -0.3 is 28.1 Å². The molecule has 0 aliphatic rings.